The maximum atomic E-state index is 12.9. The minimum Gasteiger partial charge on any atom is -0.349 e. The van der Waals surface area contributed by atoms with Crippen molar-refractivity contribution >= 4 is 44.2 Å². The van der Waals surface area contributed by atoms with Crippen LogP contribution in [0.2, 0.25) is 0 Å². The van der Waals surface area contributed by atoms with E-state index in [1.165, 1.54) is 23.9 Å². The molecule has 1 N–H and O–H groups in total. The first-order valence-electron chi connectivity index (χ1n) is 10.5. The molecule has 4 aromatic heterocycles. The Balaban J connectivity index is 1.26. The van der Waals surface area contributed by atoms with Crippen LogP contribution in [0.25, 0.3) is 16.2 Å². The Morgan fingerprint density at radius 2 is 1.94 bits per heavy atom. The smallest absolute Gasteiger partial charge is 0.264 e. The van der Waals surface area contributed by atoms with E-state index in [1.807, 2.05) is 60.3 Å². The van der Waals surface area contributed by atoms with E-state index in [9.17, 15) is 9.59 Å². The summed E-state index contributed by atoms with van der Waals surface area (Å²) < 4.78 is 6.05. The third-order valence-electron chi connectivity index (χ3n) is 5.31. The number of amides is 1. The molecule has 0 unspecified atom stereocenters. The highest BCUT2D eigenvalue weighted by Crippen LogP contribution is 2.21. The summed E-state index contributed by atoms with van der Waals surface area (Å²) in [6.07, 6.45) is 6.85. The highest BCUT2D eigenvalue weighted by atomic mass is 79.9. The molecule has 0 fully saturated rings. The number of nitrogens with zero attached hydrogens (tertiary/aromatic N) is 6. The Morgan fingerprint density at radius 3 is 2.71 bits per heavy atom. The Bertz CT molecular complexity index is 1520. The van der Waals surface area contributed by atoms with Crippen LogP contribution >= 0.6 is 27.3 Å². The molecule has 5 aromatic rings. The van der Waals surface area contributed by atoms with Crippen molar-refractivity contribution in [3.05, 3.63) is 92.3 Å². The van der Waals surface area contributed by atoms with E-state index in [-0.39, 0.29) is 11.5 Å². The lowest BCUT2D eigenvalue weighted by Gasteiger charge is -2.07. The quantitative estimate of drug-likeness (QED) is 0.343. The lowest BCUT2D eigenvalue weighted by molar-refractivity contribution is 0.0955. The summed E-state index contributed by atoms with van der Waals surface area (Å²) in [5.74, 6) is -0.185. The van der Waals surface area contributed by atoms with E-state index >= 15 is 0 Å². The summed E-state index contributed by atoms with van der Waals surface area (Å²) in [5.41, 5.74) is 2.03. The predicted molar refractivity (Wildman–Crippen MR) is 134 cm³/mol. The minimum atomic E-state index is -0.185. The zero-order valence-corrected chi connectivity index (χ0v) is 20.6. The number of halogens is 1. The number of benzene rings is 1. The van der Waals surface area contributed by atoms with Gasteiger partial charge in [0.15, 0.2) is 10.8 Å². The monoisotopic (exact) mass is 537 g/mol. The van der Waals surface area contributed by atoms with Crippen LogP contribution in [-0.2, 0) is 13.1 Å². The molecule has 5 rings (SSSR count). The third kappa shape index (κ3) is 4.44. The lowest BCUT2D eigenvalue weighted by Crippen LogP contribution is -2.27. The van der Waals surface area contributed by atoms with Gasteiger partial charge in [0.1, 0.15) is 16.6 Å². The molecule has 9 nitrogen and oxygen atoms in total. The molecule has 172 valence electrons. The van der Waals surface area contributed by atoms with Gasteiger partial charge in [0.2, 0.25) is 0 Å². The van der Waals surface area contributed by atoms with Crippen molar-refractivity contribution in [3.8, 4) is 5.13 Å². The molecule has 11 heteroatoms. The molecule has 0 saturated heterocycles. The topological polar surface area (TPSA) is 99.6 Å². The fourth-order valence-corrected chi connectivity index (χ4v) is 4.80. The molecular formula is C23H20BrN7O2S. The van der Waals surface area contributed by atoms with Crippen molar-refractivity contribution in [2.24, 2.45) is 0 Å². The molecule has 0 atom stereocenters. The molecule has 0 bridgehead atoms. The van der Waals surface area contributed by atoms with Crippen molar-refractivity contribution in [3.63, 3.8) is 0 Å². The van der Waals surface area contributed by atoms with E-state index in [2.05, 4.69) is 36.3 Å². The van der Waals surface area contributed by atoms with Gasteiger partial charge in [-0.2, -0.15) is 5.10 Å². The Hall–Kier alpha value is -3.57. The maximum absolute atomic E-state index is 12.9. The van der Waals surface area contributed by atoms with Crippen LogP contribution in [0.15, 0.2) is 70.6 Å². The lowest BCUT2D eigenvalue weighted by atomic mass is 10.2. The van der Waals surface area contributed by atoms with Gasteiger partial charge < -0.3 is 9.88 Å². The van der Waals surface area contributed by atoms with Crippen molar-refractivity contribution in [1.29, 1.82) is 0 Å². The summed E-state index contributed by atoms with van der Waals surface area (Å²) in [6, 6.07) is 11.6. The molecule has 0 aliphatic carbocycles. The van der Waals surface area contributed by atoms with Gasteiger partial charge in [-0.05, 0) is 36.8 Å². The largest absolute Gasteiger partial charge is 0.349 e. The third-order valence-corrected chi connectivity index (χ3v) is 7.01. The van der Waals surface area contributed by atoms with Crippen LogP contribution in [0.4, 0.5) is 0 Å². The first kappa shape index (κ1) is 22.2. The molecule has 0 radical (unpaired) electrons. The van der Waals surface area contributed by atoms with Crippen LogP contribution in [0.3, 0.4) is 0 Å². The van der Waals surface area contributed by atoms with E-state index < -0.39 is 0 Å². The summed E-state index contributed by atoms with van der Waals surface area (Å²) in [7, 11) is 0. The van der Waals surface area contributed by atoms with E-state index in [4.69, 9.17) is 0 Å². The number of fused-ring (bicyclic) bond motifs is 1. The number of rotatable bonds is 7. The number of carbonyl (C=O) groups is 1. The Labute approximate surface area is 206 Å². The zero-order valence-electron chi connectivity index (χ0n) is 18.2. The van der Waals surface area contributed by atoms with E-state index in [1.54, 1.807) is 9.25 Å². The molecule has 1 amide bonds. The number of carbonyl (C=O) groups excluding carboxylic acids is 1. The summed E-state index contributed by atoms with van der Waals surface area (Å²) in [4.78, 5) is 35.1. The molecule has 0 aliphatic heterocycles. The molecule has 0 aliphatic rings. The second-order valence-corrected chi connectivity index (χ2v) is 9.56. The van der Waals surface area contributed by atoms with Crippen LogP contribution in [-0.4, -0.2) is 41.3 Å². The summed E-state index contributed by atoms with van der Waals surface area (Å²) in [6.45, 7) is 2.98. The van der Waals surface area contributed by atoms with Gasteiger partial charge in [0, 0.05) is 23.4 Å². The fraction of sp³-hybridized carbons (Fsp3) is 0.174. The molecular weight excluding hydrogens is 518 g/mol. The number of aryl methyl sites for hydroxylation is 1. The van der Waals surface area contributed by atoms with Gasteiger partial charge in [-0.3, -0.25) is 14.2 Å². The number of aromatic nitrogens is 6. The minimum absolute atomic E-state index is 0.152. The Morgan fingerprint density at radius 1 is 1.18 bits per heavy atom. The van der Waals surface area contributed by atoms with Gasteiger partial charge >= 0.3 is 0 Å². The fourth-order valence-electron chi connectivity index (χ4n) is 3.58. The molecule has 0 saturated carbocycles. The van der Waals surface area contributed by atoms with Gasteiger partial charge in [-0.1, -0.05) is 39.4 Å². The second-order valence-electron chi connectivity index (χ2n) is 7.67. The molecule has 4 heterocycles. The van der Waals surface area contributed by atoms with Crippen LogP contribution < -0.4 is 10.9 Å². The maximum Gasteiger partial charge on any atom is 0.264 e. The highest BCUT2D eigenvalue weighted by molar-refractivity contribution is 9.10. The van der Waals surface area contributed by atoms with Gasteiger partial charge in [-0.25, -0.2) is 14.6 Å². The standard InChI is InChI=1S/C23H20BrN7O2S/c1-15-19(34-23(28-15)29-9-2-3-10-29)21(32)25-8-11-31-20-18(12-27-31)22(33)30(14-26-20)13-16-4-6-17(24)7-5-16/h2-7,9-10,12,14H,8,11,13H2,1H3,(H,25,32). The Kier molecular flexibility index (Phi) is 6.12. The first-order chi connectivity index (χ1) is 16.5. The van der Waals surface area contributed by atoms with Crippen molar-refractivity contribution < 1.29 is 4.79 Å². The van der Waals surface area contributed by atoms with E-state index in [0.717, 1.165) is 15.2 Å². The number of hydrogen-bond donors (Lipinski definition) is 1. The van der Waals surface area contributed by atoms with Gasteiger partial charge in [0.05, 0.1) is 25.0 Å². The van der Waals surface area contributed by atoms with Crippen LogP contribution in [0, 0.1) is 6.92 Å². The summed E-state index contributed by atoms with van der Waals surface area (Å²) in [5, 5.41) is 8.41. The summed E-state index contributed by atoms with van der Waals surface area (Å²) >= 11 is 4.75. The van der Waals surface area contributed by atoms with Crippen molar-refractivity contribution in [2.45, 2.75) is 20.0 Å². The number of thiazole rings is 1. The molecule has 34 heavy (non-hydrogen) atoms. The van der Waals surface area contributed by atoms with Crippen molar-refractivity contribution in [2.75, 3.05) is 6.54 Å². The highest BCUT2D eigenvalue weighted by Gasteiger charge is 2.16. The first-order valence-corrected chi connectivity index (χ1v) is 12.1. The number of hydrogen-bond acceptors (Lipinski definition) is 6. The van der Waals surface area contributed by atoms with Gasteiger partial charge in [-0.15, -0.1) is 0 Å². The predicted octanol–water partition coefficient (Wildman–Crippen LogP) is 3.39. The average molecular weight is 538 g/mol. The number of nitrogens with one attached hydrogen (secondary N) is 1. The zero-order chi connectivity index (χ0) is 23.7. The molecule has 1 aromatic carbocycles. The second kappa shape index (κ2) is 9.35. The SMILES string of the molecule is Cc1nc(-n2cccc2)sc1C(=O)NCCn1ncc2c(=O)n(Cc3ccc(Br)cc3)cnc21. The molecule has 0 spiro atoms. The van der Waals surface area contributed by atoms with E-state index in [0.29, 0.717) is 41.2 Å². The average Bonchev–Trinajstić information content (AvgIpc) is 3.57. The van der Waals surface area contributed by atoms with Crippen LogP contribution in [0.5, 0.6) is 0 Å². The van der Waals surface area contributed by atoms with Crippen molar-refractivity contribution in [1.82, 2.24) is 34.2 Å². The van der Waals surface area contributed by atoms with Gasteiger partial charge in [0.25, 0.3) is 11.5 Å². The van der Waals surface area contributed by atoms with Crippen LogP contribution in [0.1, 0.15) is 20.9 Å². The normalized spacial score (nSPS) is 11.2.